The monoisotopic (exact) mass is 452 g/mol. The molecule has 0 saturated heterocycles. The molecule has 5 N–H and O–H groups in total. The summed E-state index contributed by atoms with van der Waals surface area (Å²) in [5.41, 5.74) is 0.653. The normalized spacial score (nSPS) is 11.8. The first-order valence-electron chi connectivity index (χ1n) is 9.99. The standard InChI is InChI=1S/C21H28N2O9/c1-12(2)7-9-23-18(25)15(22-10-8-16(24)19(26)27)11-13-3-5-14(6-4-13)32-17(20(28)29)21(30)31/h3-6,12,15,17,22H,7-11H2,1-2H3,(H,23,25)(H,26,27)(H,28,29)(H,30,31). The zero-order valence-electron chi connectivity index (χ0n) is 17.9. The van der Waals surface area contributed by atoms with Crippen LogP contribution in [0.4, 0.5) is 0 Å². The quantitative estimate of drug-likeness (QED) is 0.184. The van der Waals surface area contributed by atoms with Crippen molar-refractivity contribution in [1.29, 1.82) is 0 Å². The Labute approximate surface area is 184 Å². The van der Waals surface area contributed by atoms with Crippen molar-refractivity contribution in [2.24, 2.45) is 5.92 Å². The minimum Gasteiger partial charge on any atom is -0.478 e. The van der Waals surface area contributed by atoms with Gasteiger partial charge in [-0.05, 0) is 36.5 Å². The van der Waals surface area contributed by atoms with Gasteiger partial charge in [-0.1, -0.05) is 26.0 Å². The molecule has 11 nitrogen and oxygen atoms in total. The SMILES string of the molecule is CC(C)CCNC(=O)C(Cc1ccc(OC(C(=O)O)C(=O)O)cc1)NCCC(=O)C(=O)O. The highest BCUT2D eigenvalue weighted by molar-refractivity contribution is 6.32. The van der Waals surface area contributed by atoms with E-state index in [1.165, 1.54) is 12.1 Å². The highest BCUT2D eigenvalue weighted by atomic mass is 16.5. The number of hydrogen-bond acceptors (Lipinski definition) is 7. The van der Waals surface area contributed by atoms with Gasteiger partial charge < -0.3 is 30.7 Å². The van der Waals surface area contributed by atoms with Crippen LogP contribution in [0.25, 0.3) is 0 Å². The van der Waals surface area contributed by atoms with Crippen molar-refractivity contribution in [2.45, 2.75) is 45.3 Å². The maximum atomic E-state index is 12.6. The number of hydrogen-bond donors (Lipinski definition) is 5. The van der Waals surface area contributed by atoms with Crippen LogP contribution in [0.2, 0.25) is 0 Å². The van der Waals surface area contributed by atoms with Crippen LogP contribution in [0.1, 0.15) is 32.3 Å². The number of carbonyl (C=O) groups is 5. The summed E-state index contributed by atoms with van der Waals surface area (Å²) in [5, 5.41) is 32.1. The van der Waals surface area contributed by atoms with Gasteiger partial charge in [0, 0.05) is 19.5 Å². The molecule has 0 aliphatic rings. The summed E-state index contributed by atoms with van der Waals surface area (Å²) >= 11 is 0. The molecule has 0 saturated carbocycles. The average Bonchev–Trinajstić information content (AvgIpc) is 2.71. The lowest BCUT2D eigenvalue weighted by Gasteiger charge is -2.19. The van der Waals surface area contributed by atoms with Crippen molar-refractivity contribution in [2.75, 3.05) is 13.1 Å². The van der Waals surface area contributed by atoms with E-state index in [1.54, 1.807) is 12.1 Å². The van der Waals surface area contributed by atoms with Gasteiger partial charge in [0.1, 0.15) is 5.75 Å². The molecule has 0 bridgehead atoms. The summed E-state index contributed by atoms with van der Waals surface area (Å²) in [6, 6.07) is 5.12. The highest BCUT2D eigenvalue weighted by Gasteiger charge is 2.28. The summed E-state index contributed by atoms with van der Waals surface area (Å²) in [6.45, 7) is 4.49. The third-order valence-electron chi connectivity index (χ3n) is 4.38. The number of aliphatic carboxylic acids is 3. The third kappa shape index (κ3) is 9.56. The number of Topliss-reactive ketones (excluding diaryl/α,β-unsaturated/α-hetero) is 1. The molecule has 1 amide bonds. The van der Waals surface area contributed by atoms with Gasteiger partial charge in [-0.3, -0.25) is 9.59 Å². The van der Waals surface area contributed by atoms with Crippen molar-refractivity contribution >= 4 is 29.6 Å². The Morgan fingerprint density at radius 2 is 1.53 bits per heavy atom. The van der Waals surface area contributed by atoms with Crippen LogP contribution < -0.4 is 15.4 Å². The van der Waals surface area contributed by atoms with Gasteiger partial charge in [-0.2, -0.15) is 0 Å². The number of carbonyl (C=O) groups excluding carboxylic acids is 2. The maximum absolute atomic E-state index is 12.6. The van der Waals surface area contributed by atoms with Gasteiger partial charge >= 0.3 is 17.9 Å². The molecule has 0 aliphatic carbocycles. The molecule has 0 aliphatic heterocycles. The smallest absolute Gasteiger partial charge is 0.372 e. The Balaban J connectivity index is 2.82. The molecule has 1 aromatic carbocycles. The number of carboxylic acid groups (broad SMARTS) is 3. The molecule has 1 unspecified atom stereocenters. The van der Waals surface area contributed by atoms with Crippen LogP contribution in [0.15, 0.2) is 24.3 Å². The number of ether oxygens (including phenoxy) is 1. The van der Waals surface area contributed by atoms with Crippen molar-refractivity contribution in [3.63, 3.8) is 0 Å². The maximum Gasteiger partial charge on any atom is 0.372 e. The summed E-state index contributed by atoms with van der Waals surface area (Å²) in [4.78, 5) is 56.4. The van der Waals surface area contributed by atoms with Gasteiger partial charge in [-0.25, -0.2) is 14.4 Å². The van der Waals surface area contributed by atoms with Gasteiger partial charge in [0.2, 0.25) is 11.7 Å². The van der Waals surface area contributed by atoms with Crippen LogP contribution in [0, 0.1) is 5.92 Å². The molecule has 176 valence electrons. The molecule has 0 aromatic heterocycles. The predicted octanol–water partition coefficient (Wildman–Crippen LogP) is 0.310. The minimum absolute atomic E-state index is 0.00645. The van der Waals surface area contributed by atoms with Gasteiger partial charge in [0.05, 0.1) is 6.04 Å². The Kier molecular flexibility index (Phi) is 10.8. The highest BCUT2D eigenvalue weighted by Crippen LogP contribution is 2.16. The number of benzene rings is 1. The van der Waals surface area contributed by atoms with Crippen molar-refractivity contribution in [1.82, 2.24) is 10.6 Å². The van der Waals surface area contributed by atoms with E-state index in [9.17, 15) is 24.0 Å². The lowest BCUT2D eigenvalue weighted by molar-refractivity contribution is -0.159. The van der Waals surface area contributed by atoms with E-state index in [4.69, 9.17) is 20.1 Å². The average molecular weight is 452 g/mol. The number of carboxylic acids is 3. The van der Waals surface area contributed by atoms with Crippen LogP contribution in [0.5, 0.6) is 5.75 Å². The third-order valence-corrected chi connectivity index (χ3v) is 4.38. The number of rotatable bonds is 15. The minimum atomic E-state index is -2.05. The van der Waals surface area contributed by atoms with E-state index in [2.05, 4.69) is 10.6 Å². The first-order chi connectivity index (χ1) is 15.0. The molecule has 1 rings (SSSR count). The summed E-state index contributed by atoms with van der Waals surface area (Å²) in [5.74, 6) is -5.68. The fourth-order valence-electron chi connectivity index (χ4n) is 2.61. The van der Waals surface area contributed by atoms with Crippen molar-refractivity contribution < 1.29 is 44.0 Å². The zero-order chi connectivity index (χ0) is 24.3. The molecule has 11 heteroatoms. The largest absolute Gasteiger partial charge is 0.478 e. The zero-order valence-corrected chi connectivity index (χ0v) is 17.9. The van der Waals surface area contributed by atoms with Crippen LogP contribution in [-0.2, 0) is 30.4 Å². The van der Waals surface area contributed by atoms with E-state index in [0.29, 0.717) is 18.0 Å². The lowest BCUT2D eigenvalue weighted by atomic mass is 10.0. The Bertz CT molecular complexity index is 807. The molecule has 1 atom stereocenters. The second-order valence-electron chi connectivity index (χ2n) is 7.48. The van der Waals surface area contributed by atoms with Crippen LogP contribution >= 0.6 is 0 Å². The molecule has 0 heterocycles. The molecular weight excluding hydrogens is 424 g/mol. The van der Waals surface area contributed by atoms with E-state index in [0.717, 1.165) is 6.42 Å². The Morgan fingerprint density at radius 3 is 2.03 bits per heavy atom. The summed E-state index contributed by atoms with van der Waals surface area (Å²) in [6.07, 6.45) is -1.36. The van der Waals surface area contributed by atoms with Crippen molar-refractivity contribution in [3.8, 4) is 5.75 Å². The van der Waals surface area contributed by atoms with E-state index < -0.39 is 35.8 Å². The second-order valence-corrected chi connectivity index (χ2v) is 7.48. The number of ketones is 1. The van der Waals surface area contributed by atoms with E-state index in [-0.39, 0.29) is 31.0 Å². The molecule has 0 spiro atoms. The topological polar surface area (TPSA) is 179 Å². The predicted molar refractivity (Wildman–Crippen MR) is 111 cm³/mol. The Morgan fingerprint density at radius 1 is 0.938 bits per heavy atom. The second kappa shape index (κ2) is 13.1. The van der Waals surface area contributed by atoms with Gasteiger partial charge in [-0.15, -0.1) is 0 Å². The van der Waals surface area contributed by atoms with Gasteiger partial charge in [0.15, 0.2) is 0 Å². The number of nitrogens with one attached hydrogen (secondary N) is 2. The van der Waals surface area contributed by atoms with Crippen LogP contribution in [-0.4, -0.2) is 70.2 Å². The van der Waals surface area contributed by atoms with Crippen LogP contribution in [0.3, 0.4) is 0 Å². The summed E-state index contributed by atoms with van der Waals surface area (Å²) < 4.78 is 4.95. The Hall–Kier alpha value is -3.47. The summed E-state index contributed by atoms with van der Waals surface area (Å²) in [7, 11) is 0. The van der Waals surface area contributed by atoms with E-state index in [1.807, 2.05) is 13.8 Å². The molecular formula is C21H28N2O9. The molecule has 32 heavy (non-hydrogen) atoms. The first-order valence-corrected chi connectivity index (χ1v) is 9.99. The van der Waals surface area contributed by atoms with E-state index >= 15 is 0 Å². The fraction of sp³-hybridized carbons (Fsp3) is 0.476. The molecule has 0 fully saturated rings. The fourth-order valence-corrected chi connectivity index (χ4v) is 2.61. The lowest BCUT2D eigenvalue weighted by Crippen LogP contribution is -2.46. The van der Waals surface area contributed by atoms with Gasteiger partial charge in [0.25, 0.3) is 6.10 Å². The van der Waals surface area contributed by atoms with Crippen molar-refractivity contribution in [3.05, 3.63) is 29.8 Å². The first kappa shape index (κ1) is 26.6. The molecule has 1 aromatic rings. The molecule has 0 radical (unpaired) electrons. The number of amides is 1.